The van der Waals surface area contributed by atoms with Crippen LogP contribution in [0, 0.1) is 0 Å². The molecule has 5 aromatic carbocycles. The average Bonchev–Trinajstić information content (AvgIpc) is 3.03. The first-order valence-electron chi connectivity index (χ1n) is 13.5. The standard InChI is InChI=1S/C33H25ClF3N3O4S/c34-31-17-14-27(19-30(31)33(35,36)37)40(45(42,43)29-8-2-1-3-9-29)21-32(41)39-38-20-23-11-15-28(16-12-23)44-22-24-10-13-25-6-4-5-7-26(25)18-24/h1-20H,21-22H2,(H,39,41)/b38-20+. The van der Waals surface area contributed by atoms with Crippen molar-refractivity contribution >= 4 is 50.2 Å². The Bertz CT molecular complexity index is 1950. The van der Waals surface area contributed by atoms with Gasteiger partial charge in [-0.15, -0.1) is 0 Å². The lowest BCUT2D eigenvalue weighted by atomic mass is 10.1. The highest BCUT2D eigenvalue weighted by molar-refractivity contribution is 7.92. The number of nitrogens with one attached hydrogen (secondary N) is 1. The normalized spacial score (nSPS) is 11.9. The number of rotatable bonds is 10. The second kappa shape index (κ2) is 13.4. The largest absolute Gasteiger partial charge is 0.489 e. The lowest BCUT2D eigenvalue weighted by Gasteiger charge is -2.24. The number of nitrogens with zero attached hydrogens (tertiary/aromatic N) is 2. The second-order valence-electron chi connectivity index (χ2n) is 9.82. The van der Waals surface area contributed by atoms with E-state index in [1.807, 2.05) is 36.4 Å². The van der Waals surface area contributed by atoms with Gasteiger partial charge in [-0.3, -0.25) is 9.10 Å². The van der Waals surface area contributed by atoms with E-state index in [9.17, 15) is 26.4 Å². The first kappa shape index (κ1) is 31.6. The third-order valence-electron chi connectivity index (χ3n) is 6.66. The van der Waals surface area contributed by atoms with Crippen LogP contribution < -0.4 is 14.5 Å². The quantitative estimate of drug-likeness (QED) is 0.126. The van der Waals surface area contributed by atoms with Gasteiger partial charge in [-0.1, -0.05) is 66.2 Å². The molecule has 0 radical (unpaired) electrons. The number of halogens is 4. The molecule has 7 nitrogen and oxygen atoms in total. The molecule has 0 aliphatic heterocycles. The highest BCUT2D eigenvalue weighted by atomic mass is 35.5. The molecule has 0 spiro atoms. The van der Waals surface area contributed by atoms with E-state index in [-0.39, 0.29) is 4.90 Å². The number of alkyl halides is 3. The smallest absolute Gasteiger partial charge is 0.417 e. The highest BCUT2D eigenvalue weighted by Crippen LogP contribution is 2.38. The van der Waals surface area contributed by atoms with Crippen LogP contribution in [0.5, 0.6) is 5.75 Å². The molecule has 0 saturated carbocycles. The van der Waals surface area contributed by atoms with Crippen LogP contribution in [-0.4, -0.2) is 27.1 Å². The maximum absolute atomic E-state index is 13.5. The van der Waals surface area contributed by atoms with Crippen molar-refractivity contribution in [1.29, 1.82) is 0 Å². The van der Waals surface area contributed by atoms with Gasteiger partial charge in [0.2, 0.25) is 0 Å². The predicted molar refractivity (Wildman–Crippen MR) is 168 cm³/mol. The zero-order valence-electron chi connectivity index (χ0n) is 23.4. The van der Waals surface area contributed by atoms with Crippen LogP contribution in [0.25, 0.3) is 10.8 Å². The predicted octanol–water partition coefficient (Wildman–Crippen LogP) is 7.44. The van der Waals surface area contributed by atoms with Crippen LogP contribution in [0.15, 0.2) is 125 Å². The van der Waals surface area contributed by atoms with Crippen molar-refractivity contribution in [3.8, 4) is 5.75 Å². The maximum Gasteiger partial charge on any atom is 0.417 e. The highest BCUT2D eigenvalue weighted by Gasteiger charge is 2.35. The van der Waals surface area contributed by atoms with Crippen LogP contribution in [0.3, 0.4) is 0 Å². The minimum Gasteiger partial charge on any atom is -0.489 e. The van der Waals surface area contributed by atoms with Gasteiger partial charge < -0.3 is 4.74 Å². The molecule has 12 heteroatoms. The number of hydrogen-bond acceptors (Lipinski definition) is 5. The van der Waals surface area contributed by atoms with Crippen LogP contribution >= 0.6 is 11.6 Å². The molecule has 1 N–H and O–H groups in total. The van der Waals surface area contributed by atoms with E-state index >= 15 is 0 Å². The molecule has 45 heavy (non-hydrogen) atoms. The minimum absolute atomic E-state index is 0.215. The number of sulfonamides is 1. The zero-order chi connectivity index (χ0) is 32.0. The van der Waals surface area contributed by atoms with Gasteiger partial charge in [0.1, 0.15) is 18.9 Å². The molecule has 0 aromatic heterocycles. The summed E-state index contributed by atoms with van der Waals surface area (Å²) in [7, 11) is -4.45. The second-order valence-corrected chi connectivity index (χ2v) is 12.1. The molecule has 5 rings (SSSR count). The molecular weight excluding hydrogens is 627 g/mol. The molecule has 0 atom stereocenters. The molecule has 5 aromatic rings. The topological polar surface area (TPSA) is 88.1 Å². The van der Waals surface area contributed by atoms with Crippen LogP contribution in [-0.2, 0) is 27.6 Å². The Morgan fingerprint density at radius 2 is 1.56 bits per heavy atom. The Labute approximate surface area is 262 Å². The van der Waals surface area contributed by atoms with Crippen molar-refractivity contribution in [3.05, 3.63) is 137 Å². The summed E-state index contributed by atoms with van der Waals surface area (Å²) in [5, 5.41) is 5.53. The lowest BCUT2D eigenvalue weighted by Crippen LogP contribution is -2.39. The number of amides is 1. The third-order valence-corrected chi connectivity index (χ3v) is 8.78. The monoisotopic (exact) mass is 651 g/mol. The summed E-state index contributed by atoms with van der Waals surface area (Å²) in [5.41, 5.74) is 2.22. The molecular formula is C33H25ClF3N3O4S. The van der Waals surface area contributed by atoms with Crippen molar-refractivity contribution in [3.63, 3.8) is 0 Å². The summed E-state index contributed by atoms with van der Waals surface area (Å²) in [4.78, 5) is 12.6. The Kier molecular flexibility index (Phi) is 9.40. The molecule has 0 heterocycles. The number of fused-ring (bicyclic) bond motifs is 1. The van der Waals surface area contributed by atoms with Crippen molar-refractivity contribution in [2.24, 2.45) is 5.10 Å². The molecule has 230 valence electrons. The fourth-order valence-corrected chi connectivity index (χ4v) is 6.07. The number of anilines is 1. The Morgan fingerprint density at radius 3 is 2.27 bits per heavy atom. The van der Waals surface area contributed by atoms with E-state index < -0.39 is 44.9 Å². The van der Waals surface area contributed by atoms with Gasteiger partial charge in [0.15, 0.2) is 0 Å². The summed E-state index contributed by atoms with van der Waals surface area (Å²) in [5.74, 6) is -0.267. The van der Waals surface area contributed by atoms with E-state index in [1.165, 1.54) is 30.5 Å². The van der Waals surface area contributed by atoms with Gasteiger partial charge in [0, 0.05) is 0 Å². The molecule has 0 unspecified atom stereocenters. The zero-order valence-corrected chi connectivity index (χ0v) is 25.0. The van der Waals surface area contributed by atoms with Gasteiger partial charge in [-0.2, -0.15) is 18.3 Å². The van der Waals surface area contributed by atoms with E-state index in [0.717, 1.165) is 28.5 Å². The van der Waals surface area contributed by atoms with Crippen molar-refractivity contribution in [2.75, 3.05) is 10.8 Å². The third kappa shape index (κ3) is 7.81. The van der Waals surface area contributed by atoms with Crippen LogP contribution in [0.1, 0.15) is 16.7 Å². The van der Waals surface area contributed by atoms with Crippen molar-refractivity contribution in [2.45, 2.75) is 17.7 Å². The number of carbonyl (C=O) groups is 1. The SMILES string of the molecule is O=C(CN(c1ccc(Cl)c(C(F)(F)F)c1)S(=O)(=O)c1ccccc1)N/N=C/c1ccc(OCc2ccc3ccccc3c2)cc1. The van der Waals surface area contributed by atoms with Crippen LogP contribution in [0.2, 0.25) is 5.02 Å². The van der Waals surface area contributed by atoms with E-state index in [1.54, 1.807) is 30.3 Å². The van der Waals surface area contributed by atoms with Gasteiger partial charge in [-0.05, 0) is 82.6 Å². The number of carbonyl (C=O) groups excluding carboxylic acids is 1. The van der Waals surface area contributed by atoms with Crippen molar-refractivity contribution in [1.82, 2.24) is 5.43 Å². The summed E-state index contributed by atoms with van der Waals surface area (Å²) in [6, 6.07) is 30.7. The number of hydrogen-bond donors (Lipinski definition) is 1. The van der Waals surface area contributed by atoms with Gasteiger partial charge in [0.05, 0.1) is 27.4 Å². The number of benzene rings is 5. The van der Waals surface area contributed by atoms with Gasteiger partial charge in [0.25, 0.3) is 15.9 Å². The summed E-state index contributed by atoms with van der Waals surface area (Å²) in [6.45, 7) is -0.482. The lowest BCUT2D eigenvalue weighted by molar-refractivity contribution is -0.137. The number of ether oxygens (including phenoxy) is 1. The summed E-state index contributed by atoms with van der Waals surface area (Å²) >= 11 is 5.73. The summed E-state index contributed by atoms with van der Waals surface area (Å²) < 4.78 is 73.9. The summed E-state index contributed by atoms with van der Waals surface area (Å²) in [6.07, 6.45) is -3.51. The maximum atomic E-state index is 13.5. The Hall–Kier alpha value is -4.87. The Balaban J connectivity index is 1.25. The Morgan fingerprint density at radius 1 is 0.867 bits per heavy atom. The fraction of sp³-hybridized carbons (Fsp3) is 0.0909. The first-order chi connectivity index (χ1) is 21.5. The molecule has 1 amide bonds. The van der Waals surface area contributed by atoms with E-state index in [2.05, 4.69) is 16.6 Å². The van der Waals surface area contributed by atoms with Crippen molar-refractivity contribution < 1.29 is 31.1 Å². The molecule has 0 fully saturated rings. The molecule has 0 bridgehead atoms. The molecule has 0 saturated heterocycles. The number of hydrazone groups is 1. The van der Waals surface area contributed by atoms with Gasteiger partial charge >= 0.3 is 6.18 Å². The fourth-order valence-electron chi connectivity index (χ4n) is 4.41. The van der Waals surface area contributed by atoms with E-state index in [0.29, 0.717) is 28.3 Å². The minimum atomic E-state index is -4.85. The first-order valence-corrected chi connectivity index (χ1v) is 15.3. The average molecular weight is 652 g/mol. The molecule has 0 aliphatic rings. The van der Waals surface area contributed by atoms with Gasteiger partial charge in [-0.25, -0.2) is 13.8 Å². The van der Waals surface area contributed by atoms with Crippen LogP contribution in [0.4, 0.5) is 18.9 Å². The van der Waals surface area contributed by atoms with E-state index in [4.69, 9.17) is 16.3 Å². The molecule has 0 aliphatic carbocycles.